The SMILES string of the molecule is O=C1NCCCCC1NS(=O)(=O)c1cc(S(=O)(=O)c2ccccc2)cs1. The summed E-state index contributed by atoms with van der Waals surface area (Å²) in [5.74, 6) is -0.361. The third kappa shape index (κ3) is 3.98. The molecule has 0 saturated carbocycles. The van der Waals surface area contributed by atoms with Crippen molar-refractivity contribution in [3.8, 4) is 0 Å². The Morgan fingerprint density at radius 2 is 1.77 bits per heavy atom. The highest BCUT2D eigenvalue weighted by atomic mass is 32.2. The van der Waals surface area contributed by atoms with Crippen LogP contribution >= 0.6 is 11.3 Å². The number of thiophene rings is 1. The quantitative estimate of drug-likeness (QED) is 0.771. The van der Waals surface area contributed by atoms with E-state index in [4.69, 9.17) is 0 Å². The summed E-state index contributed by atoms with van der Waals surface area (Å²) < 4.78 is 52.5. The molecule has 0 radical (unpaired) electrons. The standard InChI is InChI=1S/C16H18N2O5S3/c19-16-14(8-4-5-9-17-16)18-26(22,23)15-10-13(11-24-15)25(20,21)12-6-2-1-3-7-12/h1-3,6-7,10-11,14,18H,4-5,8-9H2,(H,17,19). The van der Waals surface area contributed by atoms with Gasteiger partial charge >= 0.3 is 0 Å². The number of carbonyl (C=O) groups excluding carboxylic acids is 1. The lowest BCUT2D eigenvalue weighted by molar-refractivity contribution is -0.122. The summed E-state index contributed by atoms with van der Waals surface area (Å²) in [7, 11) is -7.78. The number of sulfone groups is 1. The third-order valence-corrected chi connectivity index (χ3v) is 8.82. The van der Waals surface area contributed by atoms with Gasteiger partial charge in [0, 0.05) is 11.9 Å². The Kier molecular flexibility index (Phi) is 5.47. The first-order chi connectivity index (χ1) is 12.3. The summed E-state index contributed by atoms with van der Waals surface area (Å²) >= 11 is 0.812. The van der Waals surface area contributed by atoms with E-state index in [1.54, 1.807) is 18.2 Å². The molecular weight excluding hydrogens is 396 g/mol. The summed E-state index contributed by atoms with van der Waals surface area (Å²) in [4.78, 5) is 12.0. The van der Waals surface area contributed by atoms with Gasteiger partial charge in [-0.05, 0) is 37.5 Å². The molecule has 0 aliphatic carbocycles. The second-order valence-electron chi connectivity index (χ2n) is 5.88. The maximum Gasteiger partial charge on any atom is 0.250 e. The molecule has 26 heavy (non-hydrogen) atoms. The molecule has 2 N–H and O–H groups in total. The summed E-state index contributed by atoms with van der Waals surface area (Å²) in [5.41, 5.74) is 0. The predicted molar refractivity (Wildman–Crippen MR) is 97.2 cm³/mol. The Morgan fingerprint density at radius 1 is 1.04 bits per heavy atom. The zero-order valence-electron chi connectivity index (χ0n) is 13.7. The van der Waals surface area contributed by atoms with Gasteiger partial charge in [-0.15, -0.1) is 11.3 Å². The molecule has 1 aromatic heterocycles. The molecular formula is C16H18N2O5S3. The number of benzene rings is 1. The molecule has 2 aromatic rings. The summed E-state index contributed by atoms with van der Waals surface area (Å²) in [5, 5.41) is 3.96. The minimum absolute atomic E-state index is 0.0839. The average Bonchev–Trinajstić information content (AvgIpc) is 3.05. The van der Waals surface area contributed by atoms with Crippen molar-refractivity contribution < 1.29 is 21.6 Å². The van der Waals surface area contributed by atoms with Crippen molar-refractivity contribution in [2.24, 2.45) is 0 Å². The molecule has 0 spiro atoms. The minimum Gasteiger partial charge on any atom is -0.355 e. The van der Waals surface area contributed by atoms with E-state index in [1.165, 1.54) is 17.5 Å². The topological polar surface area (TPSA) is 109 Å². The lowest BCUT2D eigenvalue weighted by atomic mass is 10.1. The maximum atomic E-state index is 12.6. The molecule has 1 fully saturated rings. The lowest BCUT2D eigenvalue weighted by Gasteiger charge is -2.14. The Labute approximate surface area is 156 Å². The van der Waals surface area contributed by atoms with E-state index in [9.17, 15) is 21.6 Å². The summed E-state index contributed by atoms with van der Waals surface area (Å²) in [6.07, 6.45) is 1.93. The van der Waals surface area contributed by atoms with Crippen LogP contribution in [0.3, 0.4) is 0 Å². The molecule has 1 saturated heterocycles. The monoisotopic (exact) mass is 414 g/mol. The molecule has 0 bridgehead atoms. The first kappa shape index (κ1) is 19.0. The zero-order valence-corrected chi connectivity index (χ0v) is 16.2. The van der Waals surface area contributed by atoms with Crippen LogP contribution in [0.5, 0.6) is 0 Å². The highest BCUT2D eigenvalue weighted by Gasteiger charge is 2.29. The smallest absolute Gasteiger partial charge is 0.250 e. The molecule has 10 heteroatoms. The van der Waals surface area contributed by atoms with E-state index in [2.05, 4.69) is 10.0 Å². The average molecular weight is 415 g/mol. The second kappa shape index (κ2) is 7.47. The molecule has 1 aliphatic heterocycles. The molecule has 1 aliphatic rings. The van der Waals surface area contributed by atoms with E-state index in [0.717, 1.165) is 30.2 Å². The van der Waals surface area contributed by atoms with Gasteiger partial charge in [0.2, 0.25) is 15.7 Å². The predicted octanol–water partition coefficient (Wildman–Crippen LogP) is 1.53. The summed E-state index contributed by atoms with van der Waals surface area (Å²) in [6.45, 7) is 0.523. The molecule has 2 heterocycles. The number of sulfonamides is 1. The van der Waals surface area contributed by atoms with Gasteiger partial charge in [0.1, 0.15) is 10.3 Å². The largest absolute Gasteiger partial charge is 0.355 e. The van der Waals surface area contributed by atoms with Crippen molar-refractivity contribution in [2.75, 3.05) is 6.54 Å². The van der Waals surface area contributed by atoms with Gasteiger partial charge < -0.3 is 5.32 Å². The van der Waals surface area contributed by atoms with Crippen LogP contribution in [0, 0.1) is 0 Å². The fourth-order valence-corrected chi connectivity index (χ4v) is 6.76. The van der Waals surface area contributed by atoms with Crippen LogP contribution in [0.25, 0.3) is 0 Å². The fourth-order valence-electron chi connectivity index (χ4n) is 2.62. The normalized spacial score (nSPS) is 18.9. The number of nitrogens with one attached hydrogen (secondary N) is 2. The number of carbonyl (C=O) groups is 1. The maximum absolute atomic E-state index is 12.6. The van der Waals surface area contributed by atoms with E-state index < -0.39 is 25.9 Å². The molecule has 1 amide bonds. The molecule has 3 rings (SSSR count). The first-order valence-corrected chi connectivity index (χ1v) is 11.8. The fraction of sp³-hybridized carbons (Fsp3) is 0.312. The van der Waals surface area contributed by atoms with Crippen molar-refractivity contribution in [1.29, 1.82) is 0 Å². The number of rotatable bonds is 5. The number of hydrogen-bond acceptors (Lipinski definition) is 6. The van der Waals surface area contributed by atoms with Gasteiger partial charge in [0.15, 0.2) is 0 Å². The van der Waals surface area contributed by atoms with E-state index in [1.807, 2.05) is 0 Å². The van der Waals surface area contributed by atoms with Crippen LogP contribution in [0.4, 0.5) is 0 Å². The van der Waals surface area contributed by atoms with Gasteiger partial charge in [-0.1, -0.05) is 18.2 Å². The Bertz CT molecular complexity index is 998. The van der Waals surface area contributed by atoms with E-state index in [0.29, 0.717) is 13.0 Å². The van der Waals surface area contributed by atoms with Gasteiger partial charge in [0.05, 0.1) is 9.79 Å². The zero-order chi connectivity index (χ0) is 18.8. The van der Waals surface area contributed by atoms with Crippen LogP contribution in [0.2, 0.25) is 0 Å². The van der Waals surface area contributed by atoms with Gasteiger partial charge in [0.25, 0.3) is 10.0 Å². The second-order valence-corrected chi connectivity index (χ2v) is 10.7. The molecule has 1 unspecified atom stereocenters. The van der Waals surface area contributed by atoms with Crippen LogP contribution in [0.1, 0.15) is 19.3 Å². The molecule has 140 valence electrons. The summed E-state index contributed by atoms with van der Waals surface area (Å²) in [6, 6.07) is 8.09. The van der Waals surface area contributed by atoms with Crippen LogP contribution in [-0.2, 0) is 24.7 Å². The van der Waals surface area contributed by atoms with Crippen molar-refractivity contribution in [2.45, 2.75) is 39.3 Å². The number of hydrogen-bond donors (Lipinski definition) is 2. The van der Waals surface area contributed by atoms with Crippen molar-refractivity contribution >= 4 is 37.1 Å². The molecule has 7 nitrogen and oxygen atoms in total. The van der Waals surface area contributed by atoms with Crippen molar-refractivity contribution in [3.63, 3.8) is 0 Å². The van der Waals surface area contributed by atoms with Crippen molar-refractivity contribution in [3.05, 3.63) is 41.8 Å². The lowest BCUT2D eigenvalue weighted by Crippen LogP contribution is -2.45. The van der Waals surface area contributed by atoms with Crippen molar-refractivity contribution in [1.82, 2.24) is 10.0 Å². The molecule has 1 atom stereocenters. The van der Waals surface area contributed by atoms with Gasteiger partial charge in [-0.25, -0.2) is 16.8 Å². The Hall–Kier alpha value is -1.75. The highest BCUT2D eigenvalue weighted by Crippen LogP contribution is 2.28. The van der Waals surface area contributed by atoms with Crippen LogP contribution in [0.15, 0.2) is 55.8 Å². The molecule has 1 aromatic carbocycles. The van der Waals surface area contributed by atoms with Gasteiger partial charge in [-0.2, -0.15) is 4.72 Å². The van der Waals surface area contributed by atoms with E-state index >= 15 is 0 Å². The van der Waals surface area contributed by atoms with Crippen LogP contribution < -0.4 is 10.0 Å². The Morgan fingerprint density at radius 3 is 2.50 bits per heavy atom. The minimum atomic E-state index is -3.99. The van der Waals surface area contributed by atoms with E-state index in [-0.39, 0.29) is 19.9 Å². The van der Waals surface area contributed by atoms with Gasteiger partial charge in [-0.3, -0.25) is 4.79 Å². The highest BCUT2D eigenvalue weighted by molar-refractivity contribution is 7.93. The number of amides is 1. The first-order valence-electron chi connectivity index (χ1n) is 7.99. The van der Waals surface area contributed by atoms with Crippen LogP contribution in [-0.4, -0.2) is 35.3 Å². The Balaban J connectivity index is 1.85. The third-order valence-electron chi connectivity index (χ3n) is 4.01.